The van der Waals surface area contributed by atoms with Gasteiger partial charge in [-0.25, -0.2) is 0 Å². The predicted octanol–water partition coefficient (Wildman–Crippen LogP) is 3.05. The number of aliphatic carboxylic acids is 1. The molecule has 0 saturated heterocycles. The van der Waals surface area contributed by atoms with Gasteiger partial charge in [-0.2, -0.15) is 0 Å². The summed E-state index contributed by atoms with van der Waals surface area (Å²) in [5.74, 6) is 0.848. The van der Waals surface area contributed by atoms with E-state index in [-0.39, 0.29) is 5.92 Å². The maximum atomic E-state index is 10.9. The Labute approximate surface area is 110 Å². The summed E-state index contributed by atoms with van der Waals surface area (Å²) in [5.41, 5.74) is 0. The first-order valence-electron chi connectivity index (χ1n) is 7.63. The maximum Gasteiger partial charge on any atom is 0.306 e. The number of nitrogens with one attached hydrogen (secondary N) is 1. The number of hydrogen-bond donors (Lipinski definition) is 2. The lowest BCUT2D eigenvalue weighted by Crippen LogP contribution is -2.40. The van der Waals surface area contributed by atoms with Crippen molar-refractivity contribution in [1.29, 1.82) is 0 Å². The second-order valence-electron chi connectivity index (χ2n) is 6.33. The van der Waals surface area contributed by atoms with Crippen molar-refractivity contribution < 1.29 is 9.90 Å². The van der Waals surface area contributed by atoms with Crippen LogP contribution in [0.1, 0.15) is 58.3 Å². The molecule has 0 aliphatic heterocycles. The van der Waals surface area contributed by atoms with E-state index in [1.165, 1.54) is 25.7 Å². The third-order valence-electron chi connectivity index (χ3n) is 4.98. The molecule has 0 spiro atoms. The van der Waals surface area contributed by atoms with Gasteiger partial charge in [0.25, 0.3) is 0 Å². The summed E-state index contributed by atoms with van der Waals surface area (Å²) in [6.07, 6.45) is 9.38. The first kappa shape index (κ1) is 13.9. The van der Waals surface area contributed by atoms with E-state index in [4.69, 9.17) is 5.11 Å². The van der Waals surface area contributed by atoms with Crippen LogP contribution < -0.4 is 5.32 Å². The van der Waals surface area contributed by atoms with Gasteiger partial charge < -0.3 is 10.4 Å². The van der Waals surface area contributed by atoms with E-state index in [0.717, 1.165) is 38.1 Å². The largest absolute Gasteiger partial charge is 0.481 e. The van der Waals surface area contributed by atoms with Crippen LogP contribution in [0.5, 0.6) is 0 Å². The smallest absolute Gasteiger partial charge is 0.306 e. The van der Waals surface area contributed by atoms with Gasteiger partial charge in [-0.3, -0.25) is 4.79 Å². The third kappa shape index (κ3) is 3.71. The first-order chi connectivity index (χ1) is 8.66. The minimum Gasteiger partial charge on any atom is -0.481 e. The summed E-state index contributed by atoms with van der Waals surface area (Å²) in [5, 5.41) is 12.7. The van der Waals surface area contributed by atoms with Crippen molar-refractivity contribution in [3.05, 3.63) is 0 Å². The molecule has 0 bridgehead atoms. The third-order valence-corrected chi connectivity index (χ3v) is 4.98. The van der Waals surface area contributed by atoms with Crippen LogP contribution in [0.4, 0.5) is 0 Å². The zero-order valence-corrected chi connectivity index (χ0v) is 11.5. The highest BCUT2D eigenvalue weighted by atomic mass is 16.4. The van der Waals surface area contributed by atoms with Crippen molar-refractivity contribution in [2.45, 2.75) is 64.3 Å². The van der Waals surface area contributed by atoms with Crippen LogP contribution >= 0.6 is 0 Å². The van der Waals surface area contributed by atoms with Crippen molar-refractivity contribution in [2.24, 2.45) is 17.8 Å². The average molecular weight is 253 g/mol. The van der Waals surface area contributed by atoms with Gasteiger partial charge in [-0.15, -0.1) is 0 Å². The lowest BCUT2D eigenvalue weighted by Gasteiger charge is -2.33. The summed E-state index contributed by atoms with van der Waals surface area (Å²) in [6.45, 7) is 3.46. The Bertz CT molecular complexity index is 272. The Hall–Kier alpha value is -0.570. The van der Waals surface area contributed by atoms with Crippen LogP contribution in [-0.4, -0.2) is 23.7 Å². The molecule has 2 saturated carbocycles. The molecule has 0 aromatic heterocycles. The highest BCUT2D eigenvalue weighted by Gasteiger charge is 2.27. The van der Waals surface area contributed by atoms with Crippen LogP contribution in [0.25, 0.3) is 0 Å². The quantitative estimate of drug-likeness (QED) is 0.809. The Morgan fingerprint density at radius 3 is 2.39 bits per heavy atom. The molecular formula is C15H27NO2. The van der Waals surface area contributed by atoms with Crippen LogP contribution in [0.3, 0.4) is 0 Å². The fourth-order valence-electron chi connectivity index (χ4n) is 3.55. The van der Waals surface area contributed by atoms with E-state index in [1.807, 2.05) is 0 Å². The van der Waals surface area contributed by atoms with Gasteiger partial charge >= 0.3 is 5.97 Å². The van der Waals surface area contributed by atoms with Crippen LogP contribution in [-0.2, 0) is 4.79 Å². The van der Waals surface area contributed by atoms with Crippen molar-refractivity contribution >= 4 is 5.97 Å². The molecule has 2 aliphatic rings. The minimum absolute atomic E-state index is 0.0742. The molecule has 104 valence electrons. The molecule has 2 N–H and O–H groups in total. The van der Waals surface area contributed by atoms with Crippen molar-refractivity contribution in [3.63, 3.8) is 0 Å². The van der Waals surface area contributed by atoms with E-state index < -0.39 is 5.97 Å². The molecule has 2 aliphatic carbocycles. The fraction of sp³-hybridized carbons (Fsp3) is 0.933. The zero-order chi connectivity index (χ0) is 13.0. The summed E-state index contributed by atoms with van der Waals surface area (Å²) in [6, 6.07) is 0.705. The molecule has 3 nitrogen and oxygen atoms in total. The molecule has 0 aromatic rings. The highest BCUT2D eigenvalue weighted by Crippen LogP contribution is 2.29. The summed E-state index contributed by atoms with van der Waals surface area (Å²) < 4.78 is 0. The number of carboxylic acids is 1. The Balaban J connectivity index is 1.67. The highest BCUT2D eigenvalue weighted by molar-refractivity contribution is 5.69. The maximum absolute atomic E-state index is 10.9. The first-order valence-corrected chi connectivity index (χ1v) is 7.63. The van der Waals surface area contributed by atoms with Crippen LogP contribution in [0.15, 0.2) is 0 Å². The second-order valence-corrected chi connectivity index (χ2v) is 6.33. The molecule has 0 aromatic carbocycles. The number of hydrogen-bond acceptors (Lipinski definition) is 2. The van der Waals surface area contributed by atoms with Gasteiger partial charge in [0, 0.05) is 6.04 Å². The molecule has 2 rings (SSSR count). The van der Waals surface area contributed by atoms with Gasteiger partial charge in [-0.05, 0) is 56.9 Å². The number of carbonyl (C=O) groups is 1. The van der Waals surface area contributed by atoms with Gasteiger partial charge in [0.05, 0.1) is 5.92 Å². The van der Waals surface area contributed by atoms with Gasteiger partial charge in [0.1, 0.15) is 0 Å². The molecule has 0 amide bonds. The lowest BCUT2D eigenvalue weighted by atomic mass is 9.81. The Morgan fingerprint density at radius 2 is 1.78 bits per heavy atom. The van der Waals surface area contributed by atoms with Crippen molar-refractivity contribution in [3.8, 4) is 0 Å². The average Bonchev–Trinajstić information content (AvgIpc) is 2.38. The Morgan fingerprint density at radius 1 is 1.11 bits per heavy atom. The van der Waals surface area contributed by atoms with Gasteiger partial charge in [0.15, 0.2) is 0 Å². The van der Waals surface area contributed by atoms with Crippen molar-refractivity contribution in [2.75, 3.05) is 6.54 Å². The predicted molar refractivity (Wildman–Crippen MR) is 72.5 cm³/mol. The minimum atomic E-state index is -0.595. The summed E-state index contributed by atoms with van der Waals surface area (Å²) >= 11 is 0. The normalized spacial score (nSPS) is 37.4. The molecule has 3 heteroatoms. The molecule has 2 atom stereocenters. The fourth-order valence-corrected chi connectivity index (χ4v) is 3.55. The van der Waals surface area contributed by atoms with Crippen LogP contribution in [0, 0.1) is 17.8 Å². The summed E-state index contributed by atoms with van der Waals surface area (Å²) in [7, 11) is 0. The molecule has 2 fully saturated rings. The molecular weight excluding hydrogens is 226 g/mol. The molecule has 2 unspecified atom stereocenters. The van der Waals surface area contributed by atoms with E-state index in [2.05, 4.69) is 12.2 Å². The van der Waals surface area contributed by atoms with Gasteiger partial charge in [-0.1, -0.05) is 19.8 Å². The van der Waals surface area contributed by atoms with Crippen LogP contribution in [0.2, 0.25) is 0 Å². The Kier molecular flexibility index (Phi) is 5.04. The van der Waals surface area contributed by atoms with E-state index >= 15 is 0 Å². The monoisotopic (exact) mass is 253 g/mol. The summed E-state index contributed by atoms with van der Waals surface area (Å²) in [4.78, 5) is 10.9. The SMILES string of the molecule is CC1CCCCC1NCC1CCC(C(=O)O)CC1. The van der Waals surface area contributed by atoms with E-state index in [1.54, 1.807) is 0 Å². The van der Waals surface area contributed by atoms with Crippen molar-refractivity contribution in [1.82, 2.24) is 5.32 Å². The second kappa shape index (κ2) is 6.55. The lowest BCUT2D eigenvalue weighted by molar-refractivity contribution is -0.143. The zero-order valence-electron chi connectivity index (χ0n) is 11.5. The van der Waals surface area contributed by atoms with E-state index in [9.17, 15) is 4.79 Å². The number of carboxylic acid groups (broad SMARTS) is 1. The molecule has 0 heterocycles. The van der Waals surface area contributed by atoms with E-state index in [0.29, 0.717) is 12.0 Å². The van der Waals surface area contributed by atoms with Gasteiger partial charge in [0.2, 0.25) is 0 Å². The number of rotatable bonds is 4. The molecule has 18 heavy (non-hydrogen) atoms. The standard InChI is InChI=1S/C15H27NO2/c1-11-4-2-3-5-14(11)16-10-12-6-8-13(9-7-12)15(17)18/h11-14,16H,2-10H2,1H3,(H,17,18). The molecule has 0 radical (unpaired) electrons. The topological polar surface area (TPSA) is 49.3 Å².